The Balaban J connectivity index is 2.19. The Morgan fingerprint density at radius 3 is 2.84 bits per heavy atom. The summed E-state index contributed by atoms with van der Waals surface area (Å²) in [5, 5.41) is 35.4. The molecule has 0 unspecified atom stereocenters. The van der Waals surface area contributed by atoms with Crippen molar-refractivity contribution >= 4 is 28.2 Å². The largest absolute Gasteiger partial charge is 0.505 e. The van der Waals surface area contributed by atoms with E-state index in [1.807, 2.05) is 18.2 Å². The van der Waals surface area contributed by atoms with E-state index in [0.717, 1.165) is 5.39 Å². The first-order chi connectivity index (χ1) is 12.1. The highest BCUT2D eigenvalue weighted by Crippen LogP contribution is 2.37. The van der Waals surface area contributed by atoms with Gasteiger partial charge in [-0.2, -0.15) is 10.4 Å². The standard InChI is InChI=1S/C17H14N6O2/c1-19-17(25)14-12-6-4-3-5-10(12)7-13(15(14)24)21-22-16-11(8-18)9-20-23(16)2/h3-7,9,24H,1-2H3,(H,19,25). The van der Waals surface area contributed by atoms with E-state index >= 15 is 0 Å². The lowest BCUT2D eigenvalue weighted by molar-refractivity contribution is 0.0962. The topological polar surface area (TPSA) is 116 Å². The van der Waals surface area contributed by atoms with Crippen LogP contribution in [-0.2, 0) is 7.05 Å². The van der Waals surface area contributed by atoms with Crippen LogP contribution >= 0.6 is 0 Å². The van der Waals surface area contributed by atoms with E-state index in [-0.39, 0.29) is 28.4 Å². The number of hydrogen-bond donors (Lipinski definition) is 2. The Kier molecular flexibility index (Phi) is 4.14. The summed E-state index contributed by atoms with van der Waals surface area (Å²) in [4.78, 5) is 12.2. The molecule has 1 amide bonds. The van der Waals surface area contributed by atoms with Gasteiger partial charge in [-0.25, -0.2) is 4.68 Å². The molecular formula is C17H14N6O2. The van der Waals surface area contributed by atoms with Gasteiger partial charge < -0.3 is 10.4 Å². The third-order valence-corrected chi connectivity index (χ3v) is 3.74. The minimum absolute atomic E-state index is 0.125. The van der Waals surface area contributed by atoms with Gasteiger partial charge in [0, 0.05) is 14.1 Å². The Bertz CT molecular complexity index is 1050. The first kappa shape index (κ1) is 16.1. The van der Waals surface area contributed by atoms with Crippen molar-refractivity contribution in [3.63, 3.8) is 0 Å². The zero-order chi connectivity index (χ0) is 18.0. The van der Waals surface area contributed by atoms with Crippen molar-refractivity contribution in [2.75, 3.05) is 7.05 Å². The number of carbonyl (C=O) groups excluding carboxylic acids is 1. The number of nitrogens with one attached hydrogen (secondary N) is 1. The second-order valence-electron chi connectivity index (χ2n) is 5.24. The van der Waals surface area contributed by atoms with Crippen molar-refractivity contribution in [2.24, 2.45) is 17.3 Å². The smallest absolute Gasteiger partial charge is 0.255 e. The zero-order valence-electron chi connectivity index (χ0n) is 13.6. The molecule has 8 nitrogen and oxygen atoms in total. The molecule has 0 atom stereocenters. The number of hydrogen-bond acceptors (Lipinski definition) is 6. The van der Waals surface area contributed by atoms with Crippen molar-refractivity contribution in [2.45, 2.75) is 0 Å². The summed E-state index contributed by atoms with van der Waals surface area (Å²) >= 11 is 0. The van der Waals surface area contributed by atoms with Crippen LogP contribution in [0, 0.1) is 11.3 Å². The number of fused-ring (bicyclic) bond motifs is 1. The number of rotatable bonds is 3. The van der Waals surface area contributed by atoms with Crippen LogP contribution in [0.3, 0.4) is 0 Å². The fourth-order valence-corrected chi connectivity index (χ4v) is 2.48. The highest BCUT2D eigenvalue weighted by molar-refractivity contribution is 6.11. The third-order valence-electron chi connectivity index (χ3n) is 3.74. The summed E-state index contributed by atoms with van der Waals surface area (Å²) in [7, 11) is 3.12. The van der Waals surface area contributed by atoms with E-state index in [4.69, 9.17) is 5.26 Å². The van der Waals surface area contributed by atoms with Gasteiger partial charge in [0.1, 0.15) is 17.3 Å². The van der Waals surface area contributed by atoms with Gasteiger partial charge in [-0.15, -0.1) is 10.2 Å². The summed E-state index contributed by atoms with van der Waals surface area (Å²) in [5.41, 5.74) is 0.514. The van der Waals surface area contributed by atoms with Gasteiger partial charge in [0.15, 0.2) is 11.6 Å². The molecule has 0 radical (unpaired) electrons. The number of aryl methyl sites for hydroxylation is 1. The molecule has 0 aliphatic heterocycles. The number of amides is 1. The van der Waals surface area contributed by atoms with Gasteiger partial charge in [-0.05, 0) is 16.8 Å². The molecule has 0 saturated carbocycles. The molecule has 0 aliphatic rings. The highest BCUT2D eigenvalue weighted by Gasteiger charge is 2.18. The number of carbonyl (C=O) groups is 1. The predicted molar refractivity (Wildman–Crippen MR) is 91.1 cm³/mol. The molecule has 0 bridgehead atoms. The minimum Gasteiger partial charge on any atom is -0.505 e. The molecule has 0 spiro atoms. The molecule has 0 saturated heterocycles. The Morgan fingerprint density at radius 2 is 2.12 bits per heavy atom. The van der Waals surface area contributed by atoms with E-state index < -0.39 is 5.91 Å². The zero-order valence-corrected chi connectivity index (χ0v) is 13.6. The molecule has 1 heterocycles. The third kappa shape index (κ3) is 2.79. The first-order valence-electron chi connectivity index (χ1n) is 7.37. The van der Waals surface area contributed by atoms with Gasteiger partial charge in [0.25, 0.3) is 5.91 Å². The number of benzene rings is 2. The van der Waals surface area contributed by atoms with Crippen LogP contribution in [0.25, 0.3) is 10.8 Å². The SMILES string of the molecule is CNC(=O)c1c(O)c(N=Nc2c(C#N)cnn2C)cc2ccccc12. The van der Waals surface area contributed by atoms with Gasteiger partial charge in [-0.3, -0.25) is 4.79 Å². The number of aromatic hydroxyl groups is 1. The van der Waals surface area contributed by atoms with Crippen LogP contribution in [0.4, 0.5) is 11.5 Å². The Labute approximate surface area is 143 Å². The Morgan fingerprint density at radius 1 is 1.36 bits per heavy atom. The van der Waals surface area contributed by atoms with Crippen LogP contribution < -0.4 is 5.32 Å². The molecule has 8 heteroatoms. The normalized spacial score (nSPS) is 10.9. The maximum absolute atomic E-state index is 12.2. The van der Waals surface area contributed by atoms with Crippen molar-refractivity contribution in [3.05, 3.63) is 47.7 Å². The molecule has 3 aromatic rings. The number of phenols is 1. The van der Waals surface area contributed by atoms with Crippen molar-refractivity contribution in [3.8, 4) is 11.8 Å². The highest BCUT2D eigenvalue weighted by atomic mass is 16.3. The van der Waals surface area contributed by atoms with Crippen molar-refractivity contribution in [1.82, 2.24) is 15.1 Å². The van der Waals surface area contributed by atoms with E-state index in [2.05, 4.69) is 20.6 Å². The van der Waals surface area contributed by atoms with Crippen LogP contribution in [0.15, 0.2) is 46.8 Å². The summed E-state index contributed by atoms with van der Waals surface area (Å²) in [6.07, 6.45) is 1.38. The molecule has 25 heavy (non-hydrogen) atoms. The summed E-state index contributed by atoms with van der Waals surface area (Å²) < 4.78 is 1.40. The molecule has 0 fully saturated rings. The average Bonchev–Trinajstić information content (AvgIpc) is 2.99. The molecule has 124 valence electrons. The maximum atomic E-state index is 12.2. The lowest BCUT2D eigenvalue weighted by atomic mass is 10.0. The number of phenolic OH excluding ortho intramolecular Hbond substituents is 1. The molecule has 3 rings (SSSR count). The van der Waals surface area contributed by atoms with E-state index in [9.17, 15) is 9.90 Å². The second-order valence-corrected chi connectivity index (χ2v) is 5.24. The lowest BCUT2D eigenvalue weighted by Crippen LogP contribution is -2.18. The van der Waals surface area contributed by atoms with Gasteiger partial charge >= 0.3 is 0 Å². The van der Waals surface area contributed by atoms with Crippen LogP contribution in [-0.4, -0.2) is 27.8 Å². The monoisotopic (exact) mass is 334 g/mol. The van der Waals surface area contributed by atoms with Crippen LogP contribution in [0.1, 0.15) is 15.9 Å². The summed E-state index contributed by atoms with van der Waals surface area (Å²) in [5.74, 6) is -0.442. The Hall–Kier alpha value is -3.73. The van der Waals surface area contributed by atoms with E-state index in [0.29, 0.717) is 5.39 Å². The fourth-order valence-electron chi connectivity index (χ4n) is 2.48. The predicted octanol–water partition coefficient (Wildman–Crippen LogP) is 2.93. The van der Waals surface area contributed by atoms with Gasteiger partial charge in [-0.1, -0.05) is 24.3 Å². The average molecular weight is 334 g/mol. The number of nitrogens with zero attached hydrogens (tertiary/aromatic N) is 5. The van der Waals surface area contributed by atoms with Crippen LogP contribution in [0.5, 0.6) is 5.75 Å². The molecular weight excluding hydrogens is 320 g/mol. The fraction of sp³-hybridized carbons (Fsp3) is 0.118. The number of azo groups is 1. The quantitative estimate of drug-likeness (QED) is 0.716. The maximum Gasteiger partial charge on any atom is 0.255 e. The van der Waals surface area contributed by atoms with Crippen molar-refractivity contribution in [1.29, 1.82) is 5.26 Å². The number of nitriles is 1. The molecule has 0 aliphatic carbocycles. The molecule has 2 N–H and O–H groups in total. The first-order valence-corrected chi connectivity index (χ1v) is 7.37. The summed E-state index contributed by atoms with van der Waals surface area (Å²) in [6, 6.07) is 10.8. The lowest BCUT2D eigenvalue weighted by Gasteiger charge is -2.10. The van der Waals surface area contributed by atoms with Gasteiger partial charge in [0.2, 0.25) is 0 Å². The summed E-state index contributed by atoms with van der Waals surface area (Å²) in [6.45, 7) is 0. The second kappa shape index (κ2) is 6.41. The van der Waals surface area contributed by atoms with Crippen molar-refractivity contribution < 1.29 is 9.90 Å². The van der Waals surface area contributed by atoms with Crippen LogP contribution in [0.2, 0.25) is 0 Å². The number of aromatic nitrogens is 2. The van der Waals surface area contributed by atoms with E-state index in [1.165, 1.54) is 17.9 Å². The minimum atomic E-state index is -0.427. The van der Waals surface area contributed by atoms with Gasteiger partial charge in [0.05, 0.1) is 11.8 Å². The molecule has 1 aromatic heterocycles. The van der Waals surface area contributed by atoms with E-state index in [1.54, 1.807) is 25.2 Å². The molecule has 2 aromatic carbocycles.